The van der Waals surface area contributed by atoms with E-state index in [0.29, 0.717) is 13.0 Å². The van der Waals surface area contributed by atoms with Crippen LogP contribution in [0.25, 0.3) is 10.9 Å². The summed E-state index contributed by atoms with van der Waals surface area (Å²) in [5.41, 5.74) is 7.59. The Labute approximate surface area is 112 Å². The maximum atomic E-state index is 11.7. The Hall–Kier alpha value is -2.20. The number of para-hydroxylation sites is 1. The van der Waals surface area contributed by atoms with Gasteiger partial charge < -0.3 is 11.1 Å². The first-order valence-corrected chi connectivity index (χ1v) is 6.19. The lowest BCUT2D eigenvalue weighted by molar-refractivity contribution is -0.122. The number of benzene rings is 1. The summed E-state index contributed by atoms with van der Waals surface area (Å²) in [5.74, 6) is -0.173. The molecule has 2 rings (SSSR count). The predicted octanol–water partition coefficient (Wildman–Crippen LogP) is 1.75. The Morgan fingerprint density at radius 1 is 1.42 bits per heavy atom. The van der Waals surface area contributed by atoms with Gasteiger partial charge in [0, 0.05) is 18.1 Å². The van der Waals surface area contributed by atoms with Crippen molar-refractivity contribution in [2.45, 2.75) is 19.0 Å². The van der Waals surface area contributed by atoms with Gasteiger partial charge in [-0.2, -0.15) is 0 Å². The fraction of sp³-hybridized carbons (Fsp3) is 0.200. The van der Waals surface area contributed by atoms with Crippen LogP contribution in [0.3, 0.4) is 0 Å². The van der Waals surface area contributed by atoms with Gasteiger partial charge in [-0.05, 0) is 18.1 Å². The van der Waals surface area contributed by atoms with E-state index in [2.05, 4.69) is 16.9 Å². The van der Waals surface area contributed by atoms with Crippen LogP contribution in [0.5, 0.6) is 0 Å². The molecule has 1 atom stereocenters. The number of nitrogens with zero attached hydrogens (tertiary/aromatic N) is 1. The van der Waals surface area contributed by atoms with E-state index >= 15 is 0 Å². The lowest BCUT2D eigenvalue weighted by Gasteiger charge is -2.11. The molecule has 0 saturated heterocycles. The van der Waals surface area contributed by atoms with Gasteiger partial charge in [0.2, 0.25) is 5.91 Å². The number of amides is 1. The minimum absolute atomic E-state index is 0.173. The van der Waals surface area contributed by atoms with E-state index < -0.39 is 6.04 Å². The standard InChI is InChI=1S/C15H17N3O/c1-2-5-13(16)15(19)18-10-12-7-3-6-11-8-4-9-17-14(11)12/h2-4,6-9,13H,1,5,10,16H2,(H,18,19). The Morgan fingerprint density at radius 2 is 2.21 bits per heavy atom. The smallest absolute Gasteiger partial charge is 0.237 e. The molecule has 0 aliphatic heterocycles. The van der Waals surface area contributed by atoms with Crippen molar-refractivity contribution < 1.29 is 4.79 Å². The molecular formula is C15H17N3O. The van der Waals surface area contributed by atoms with E-state index in [9.17, 15) is 4.79 Å². The van der Waals surface area contributed by atoms with Crippen LogP contribution >= 0.6 is 0 Å². The van der Waals surface area contributed by atoms with E-state index in [-0.39, 0.29) is 5.91 Å². The first-order chi connectivity index (χ1) is 9.22. The summed E-state index contributed by atoms with van der Waals surface area (Å²) in [6, 6.07) is 9.25. The Morgan fingerprint density at radius 3 is 3.00 bits per heavy atom. The molecule has 0 aliphatic carbocycles. The summed E-state index contributed by atoms with van der Waals surface area (Å²) in [7, 11) is 0. The van der Waals surface area contributed by atoms with Crippen LogP contribution in [-0.4, -0.2) is 16.9 Å². The highest BCUT2D eigenvalue weighted by Crippen LogP contribution is 2.15. The number of hydrogen-bond acceptors (Lipinski definition) is 3. The maximum absolute atomic E-state index is 11.7. The zero-order chi connectivity index (χ0) is 13.7. The number of aromatic nitrogens is 1. The second kappa shape index (κ2) is 6.11. The highest BCUT2D eigenvalue weighted by molar-refractivity contribution is 5.84. The Balaban J connectivity index is 2.10. The number of pyridine rings is 1. The van der Waals surface area contributed by atoms with Crippen molar-refractivity contribution in [3.8, 4) is 0 Å². The van der Waals surface area contributed by atoms with Gasteiger partial charge >= 0.3 is 0 Å². The molecule has 4 nitrogen and oxygen atoms in total. The zero-order valence-corrected chi connectivity index (χ0v) is 10.7. The van der Waals surface area contributed by atoms with Gasteiger partial charge in [0.05, 0.1) is 11.6 Å². The van der Waals surface area contributed by atoms with E-state index in [1.54, 1.807) is 12.3 Å². The molecular weight excluding hydrogens is 238 g/mol. The largest absolute Gasteiger partial charge is 0.351 e. The Kier molecular flexibility index (Phi) is 4.26. The maximum Gasteiger partial charge on any atom is 0.237 e. The van der Waals surface area contributed by atoms with Crippen molar-refractivity contribution in [1.29, 1.82) is 0 Å². The molecule has 0 radical (unpaired) electrons. The third-order valence-corrected chi connectivity index (χ3v) is 2.93. The molecule has 1 heterocycles. The number of nitrogens with one attached hydrogen (secondary N) is 1. The van der Waals surface area contributed by atoms with E-state index in [4.69, 9.17) is 5.73 Å². The molecule has 1 amide bonds. The van der Waals surface area contributed by atoms with Crippen LogP contribution in [0.2, 0.25) is 0 Å². The fourth-order valence-electron chi connectivity index (χ4n) is 1.91. The van der Waals surface area contributed by atoms with Gasteiger partial charge in [0.15, 0.2) is 0 Å². The van der Waals surface area contributed by atoms with Gasteiger partial charge in [-0.3, -0.25) is 9.78 Å². The number of rotatable bonds is 5. The molecule has 0 fully saturated rings. The molecule has 0 saturated carbocycles. The first kappa shape index (κ1) is 13.2. The second-order valence-corrected chi connectivity index (χ2v) is 4.34. The fourth-order valence-corrected chi connectivity index (χ4v) is 1.91. The summed E-state index contributed by atoms with van der Waals surface area (Å²) >= 11 is 0. The lowest BCUT2D eigenvalue weighted by Crippen LogP contribution is -2.39. The van der Waals surface area contributed by atoms with Crippen molar-refractivity contribution >= 4 is 16.8 Å². The minimum atomic E-state index is -0.541. The molecule has 3 N–H and O–H groups in total. The summed E-state index contributed by atoms with van der Waals surface area (Å²) < 4.78 is 0. The van der Waals surface area contributed by atoms with Crippen LogP contribution in [0.1, 0.15) is 12.0 Å². The number of carbonyl (C=O) groups is 1. The van der Waals surface area contributed by atoms with Crippen LogP contribution in [0, 0.1) is 0 Å². The average molecular weight is 255 g/mol. The van der Waals surface area contributed by atoms with Gasteiger partial charge in [-0.15, -0.1) is 6.58 Å². The molecule has 1 aromatic heterocycles. The molecule has 0 spiro atoms. The first-order valence-electron chi connectivity index (χ1n) is 6.19. The average Bonchev–Trinajstić information content (AvgIpc) is 2.45. The molecule has 98 valence electrons. The van der Waals surface area contributed by atoms with E-state index in [0.717, 1.165) is 16.5 Å². The van der Waals surface area contributed by atoms with Crippen LogP contribution in [0.15, 0.2) is 49.2 Å². The summed E-state index contributed by atoms with van der Waals surface area (Å²) in [6.07, 6.45) is 3.86. The van der Waals surface area contributed by atoms with Gasteiger partial charge in [0.1, 0.15) is 0 Å². The van der Waals surface area contributed by atoms with Gasteiger partial charge in [-0.1, -0.05) is 30.3 Å². The second-order valence-electron chi connectivity index (χ2n) is 4.34. The molecule has 4 heteroatoms. The zero-order valence-electron chi connectivity index (χ0n) is 10.7. The van der Waals surface area contributed by atoms with Crippen molar-refractivity contribution in [2.75, 3.05) is 0 Å². The molecule has 0 bridgehead atoms. The third-order valence-electron chi connectivity index (χ3n) is 2.93. The quantitative estimate of drug-likeness (QED) is 0.800. The summed E-state index contributed by atoms with van der Waals surface area (Å²) in [5, 5.41) is 3.88. The van der Waals surface area contributed by atoms with Crippen molar-refractivity contribution in [1.82, 2.24) is 10.3 Å². The summed E-state index contributed by atoms with van der Waals surface area (Å²) in [4.78, 5) is 16.1. The topological polar surface area (TPSA) is 68.0 Å². The van der Waals surface area contributed by atoms with Crippen LogP contribution in [-0.2, 0) is 11.3 Å². The number of fused-ring (bicyclic) bond motifs is 1. The van der Waals surface area contributed by atoms with Crippen LogP contribution in [0.4, 0.5) is 0 Å². The number of carbonyl (C=O) groups excluding carboxylic acids is 1. The molecule has 1 aromatic carbocycles. The van der Waals surface area contributed by atoms with Crippen molar-refractivity contribution in [3.63, 3.8) is 0 Å². The van der Waals surface area contributed by atoms with E-state index in [1.165, 1.54) is 0 Å². The highest BCUT2D eigenvalue weighted by Gasteiger charge is 2.11. The normalized spacial score (nSPS) is 12.1. The van der Waals surface area contributed by atoms with Crippen molar-refractivity contribution in [3.05, 3.63) is 54.7 Å². The SMILES string of the molecule is C=CCC(N)C(=O)NCc1cccc2cccnc12. The number of hydrogen-bond donors (Lipinski definition) is 2. The third kappa shape index (κ3) is 3.17. The Bertz CT molecular complexity index is 589. The molecule has 2 aromatic rings. The highest BCUT2D eigenvalue weighted by atomic mass is 16.2. The summed E-state index contributed by atoms with van der Waals surface area (Å²) in [6.45, 7) is 4.00. The monoisotopic (exact) mass is 255 g/mol. The van der Waals surface area contributed by atoms with Crippen LogP contribution < -0.4 is 11.1 Å². The van der Waals surface area contributed by atoms with Gasteiger partial charge in [0.25, 0.3) is 0 Å². The van der Waals surface area contributed by atoms with Crippen molar-refractivity contribution in [2.24, 2.45) is 5.73 Å². The van der Waals surface area contributed by atoms with E-state index in [1.807, 2.05) is 30.3 Å². The molecule has 0 aliphatic rings. The molecule has 19 heavy (non-hydrogen) atoms. The lowest BCUT2D eigenvalue weighted by atomic mass is 10.1. The molecule has 1 unspecified atom stereocenters. The predicted molar refractivity (Wildman–Crippen MR) is 76.4 cm³/mol. The minimum Gasteiger partial charge on any atom is -0.351 e. The van der Waals surface area contributed by atoms with Gasteiger partial charge in [-0.25, -0.2) is 0 Å². The number of nitrogens with two attached hydrogens (primary N) is 1.